The average molecular weight is 278 g/mol. The van der Waals surface area contributed by atoms with Crippen LogP contribution in [0.15, 0.2) is 30.3 Å². The first-order chi connectivity index (χ1) is 9.34. The Kier molecular flexibility index (Phi) is 5.40. The topological polar surface area (TPSA) is 92.5 Å². The maximum Gasteiger partial charge on any atom is 0.270 e. The average Bonchev–Trinajstić information content (AvgIpc) is 2.43. The summed E-state index contributed by atoms with van der Waals surface area (Å²) >= 11 is 0. The van der Waals surface area contributed by atoms with E-state index >= 15 is 0 Å². The molecule has 0 aliphatic heterocycles. The zero-order chi connectivity index (χ0) is 15.2. The lowest BCUT2D eigenvalue weighted by atomic mass is 9.95. The second-order valence-corrected chi connectivity index (χ2v) is 5.23. The third kappa shape index (κ3) is 5.19. The molecule has 20 heavy (non-hydrogen) atoms. The van der Waals surface area contributed by atoms with Crippen molar-refractivity contribution in [1.82, 2.24) is 5.32 Å². The Morgan fingerprint density at radius 3 is 2.80 bits per heavy atom. The molecule has 0 aliphatic rings. The van der Waals surface area contributed by atoms with E-state index < -0.39 is 4.92 Å². The normalized spacial score (nSPS) is 11.6. The number of aliphatic hydroxyl groups excluding tert-OH is 1. The molecule has 1 aromatic carbocycles. The number of amides is 1. The van der Waals surface area contributed by atoms with Gasteiger partial charge in [0.2, 0.25) is 5.91 Å². The summed E-state index contributed by atoms with van der Waals surface area (Å²) < 4.78 is 0. The fourth-order valence-corrected chi connectivity index (χ4v) is 1.36. The second-order valence-electron chi connectivity index (χ2n) is 5.23. The van der Waals surface area contributed by atoms with E-state index in [0.29, 0.717) is 12.1 Å². The van der Waals surface area contributed by atoms with Gasteiger partial charge in [-0.1, -0.05) is 26.0 Å². The van der Waals surface area contributed by atoms with Crippen molar-refractivity contribution in [2.45, 2.75) is 13.8 Å². The van der Waals surface area contributed by atoms with Crippen molar-refractivity contribution in [3.63, 3.8) is 0 Å². The van der Waals surface area contributed by atoms with Crippen LogP contribution in [0.2, 0.25) is 0 Å². The van der Waals surface area contributed by atoms with Gasteiger partial charge in [0.05, 0.1) is 4.92 Å². The molecular formula is C14H18N2O4. The highest BCUT2D eigenvalue weighted by molar-refractivity contribution is 5.91. The molecule has 0 aliphatic carbocycles. The van der Waals surface area contributed by atoms with Crippen LogP contribution in [0.5, 0.6) is 0 Å². The standard InChI is InChI=1S/C14H18N2O4/c1-14(2,10-17)9-15-13(18)7-6-11-4-3-5-12(8-11)16(19)20/h3-8,17H,9-10H2,1-2H3,(H,15,18)/b7-6+. The number of nitro benzene ring substituents is 1. The molecule has 1 rings (SSSR count). The maximum absolute atomic E-state index is 11.6. The summed E-state index contributed by atoms with van der Waals surface area (Å²) in [5.41, 5.74) is 0.180. The summed E-state index contributed by atoms with van der Waals surface area (Å²) in [6, 6.07) is 6.02. The molecule has 6 nitrogen and oxygen atoms in total. The minimum atomic E-state index is -0.485. The molecule has 1 amide bonds. The molecule has 108 valence electrons. The zero-order valence-electron chi connectivity index (χ0n) is 11.5. The Labute approximate surface area is 117 Å². The lowest BCUT2D eigenvalue weighted by molar-refractivity contribution is -0.384. The molecule has 1 aromatic rings. The number of nitrogens with zero attached hydrogens (tertiary/aromatic N) is 1. The number of rotatable bonds is 6. The SMILES string of the molecule is CC(C)(CO)CNC(=O)/C=C/c1cccc([N+](=O)[O-])c1. The first kappa shape index (κ1) is 15.8. The molecule has 0 bridgehead atoms. The summed E-state index contributed by atoms with van der Waals surface area (Å²) in [6.45, 7) is 3.98. The van der Waals surface area contributed by atoms with Gasteiger partial charge in [-0.05, 0) is 11.6 Å². The summed E-state index contributed by atoms with van der Waals surface area (Å²) in [5.74, 6) is -0.307. The van der Waals surface area contributed by atoms with Gasteiger partial charge < -0.3 is 10.4 Å². The number of hydrogen-bond acceptors (Lipinski definition) is 4. The highest BCUT2D eigenvalue weighted by atomic mass is 16.6. The molecule has 0 saturated heterocycles. The summed E-state index contributed by atoms with van der Waals surface area (Å²) in [7, 11) is 0. The van der Waals surface area contributed by atoms with Crippen LogP contribution in [-0.2, 0) is 4.79 Å². The van der Waals surface area contributed by atoms with Crippen molar-refractivity contribution in [3.05, 3.63) is 46.0 Å². The van der Waals surface area contributed by atoms with Gasteiger partial charge in [0.25, 0.3) is 5.69 Å². The number of non-ortho nitro benzene ring substituents is 1. The van der Waals surface area contributed by atoms with Crippen LogP contribution in [0.3, 0.4) is 0 Å². The van der Waals surface area contributed by atoms with Crippen molar-refractivity contribution in [1.29, 1.82) is 0 Å². The first-order valence-electron chi connectivity index (χ1n) is 6.15. The summed E-state index contributed by atoms with van der Waals surface area (Å²) in [4.78, 5) is 21.7. The Bertz CT molecular complexity index is 524. The number of carbonyl (C=O) groups excluding carboxylic acids is 1. The third-order valence-electron chi connectivity index (χ3n) is 2.68. The number of nitro groups is 1. The Balaban J connectivity index is 2.61. The highest BCUT2D eigenvalue weighted by Gasteiger charge is 2.16. The maximum atomic E-state index is 11.6. The minimum Gasteiger partial charge on any atom is -0.396 e. The Morgan fingerprint density at radius 1 is 1.50 bits per heavy atom. The predicted octanol–water partition coefficient (Wildman–Crippen LogP) is 1.74. The van der Waals surface area contributed by atoms with Gasteiger partial charge in [0.1, 0.15) is 0 Å². The molecule has 2 N–H and O–H groups in total. The van der Waals surface area contributed by atoms with Crippen LogP contribution in [0.4, 0.5) is 5.69 Å². The molecule has 0 radical (unpaired) electrons. The largest absolute Gasteiger partial charge is 0.396 e. The fraction of sp³-hybridized carbons (Fsp3) is 0.357. The van der Waals surface area contributed by atoms with Gasteiger partial charge in [-0.25, -0.2) is 0 Å². The van der Waals surface area contributed by atoms with E-state index in [9.17, 15) is 14.9 Å². The second kappa shape index (κ2) is 6.81. The van der Waals surface area contributed by atoms with E-state index in [1.165, 1.54) is 24.3 Å². The van der Waals surface area contributed by atoms with Gasteiger partial charge in [-0.3, -0.25) is 14.9 Å². The smallest absolute Gasteiger partial charge is 0.270 e. The van der Waals surface area contributed by atoms with E-state index in [-0.39, 0.29) is 23.6 Å². The molecule has 0 heterocycles. The summed E-state index contributed by atoms with van der Waals surface area (Å²) in [6.07, 6.45) is 2.82. The molecule has 6 heteroatoms. The van der Waals surface area contributed by atoms with Crippen LogP contribution in [-0.4, -0.2) is 29.1 Å². The van der Waals surface area contributed by atoms with Gasteiger partial charge >= 0.3 is 0 Å². The lowest BCUT2D eigenvalue weighted by Crippen LogP contribution is -2.35. The monoisotopic (exact) mass is 278 g/mol. The van der Waals surface area contributed by atoms with Crippen LogP contribution in [0, 0.1) is 15.5 Å². The Morgan fingerprint density at radius 2 is 2.20 bits per heavy atom. The number of aliphatic hydroxyl groups is 1. The van der Waals surface area contributed by atoms with E-state index in [4.69, 9.17) is 5.11 Å². The van der Waals surface area contributed by atoms with Crippen LogP contribution < -0.4 is 5.32 Å². The fourth-order valence-electron chi connectivity index (χ4n) is 1.36. The molecule has 0 unspecified atom stereocenters. The van der Waals surface area contributed by atoms with E-state index in [0.717, 1.165) is 0 Å². The van der Waals surface area contributed by atoms with Gasteiger partial charge in [-0.2, -0.15) is 0 Å². The van der Waals surface area contributed by atoms with Crippen molar-refractivity contribution >= 4 is 17.7 Å². The molecule has 0 spiro atoms. The lowest BCUT2D eigenvalue weighted by Gasteiger charge is -2.21. The number of nitrogens with one attached hydrogen (secondary N) is 1. The molecule has 0 fully saturated rings. The van der Waals surface area contributed by atoms with Crippen LogP contribution in [0.1, 0.15) is 19.4 Å². The van der Waals surface area contributed by atoms with Gasteiger partial charge in [0.15, 0.2) is 0 Å². The van der Waals surface area contributed by atoms with Crippen molar-refractivity contribution in [2.24, 2.45) is 5.41 Å². The van der Waals surface area contributed by atoms with Crippen LogP contribution in [0.25, 0.3) is 6.08 Å². The van der Waals surface area contributed by atoms with Gasteiger partial charge in [-0.15, -0.1) is 0 Å². The minimum absolute atomic E-state index is 0.0195. The van der Waals surface area contributed by atoms with E-state index in [2.05, 4.69) is 5.32 Å². The molecule has 0 aromatic heterocycles. The van der Waals surface area contributed by atoms with E-state index in [1.807, 2.05) is 13.8 Å². The van der Waals surface area contributed by atoms with Crippen molar-refractivity contribution < 1.29 is 14.8 Å². The predicted molar refractivity (Wildman–Crippen MR) is 76.0 cm³/mol. The zero-order valence-corrected chi connectivity index (χ0v) is 11.5. The van der Waals surface area contributed by atoms with Crippen LogP contribution >= 0.6 is 0 Å². The van der Waals surface area contributed by atoms with Crippen molar-refractivity contribution in [2.75, 3.05) is 13.2 Å². The molecule has 0 atom stereocenters. The third-order valence-corrected chi connectivity index (χ3v) is 2.68. The number of benzene rings is 1. The van der Waals surface area contributed by atoms with E-state index in [1.54, 1.807) is 12.1 Å². The molecular weight excluding hydrogens is 260 g/mol. The summed E-state index contributed by atoms with van der Waals surface area (Å²) in [5, 5.41) is 22.3. The highest BCUT2D eigenvalue weighted by Crippen LogP contribution is 2.14. The quantitative estimate of drug-likeness (QED) is 0.471. The first-order valence-corrected chi connectivity index (χ1v) is 6.15. The Hall–Kier alpha value is -2.21. The van der Waals surface area contributed by atoms with Gasteiger partial charge in [0, 0.05) is 36.8 Å². The molecule has 0 saturated carbocycles. The number of hydrogen-bond donors (Lipinski definition) is 2. The number of carbonyl (C=O) groups is 1. The van der Waals surface area contributed by atoms with Crippen molar-refractivity contribution in [3.8, 4) is 0 Å².